The van der Waals surface area contributed by atoms with Crippen LogP contribution in [0.5, 0.6) is 0 Å². The zero-order valence-corrected chi connectivity index (χ0v) is 12.1. The van der Waals surface area contributed by atoms with Crippen molar-refractivity contribution >= 4 is 5.97 Å². The molecule has 1 N–H and O–H groups in total. The van der Waals surface area contributed by atoms with E-state index in [1.54, 1.807) is 4.68 Å². The fraction of sp³-hybridized carbons (Fsp3) is 0.769. The van der Waals surface area contributed by atoms with Crippen molar-refractivity contribution in [3.8, 4) is 0 Å². The highest BCUT2D eigenvalue weighted by Crippen LogP contribution is 2.41. The van der Waals surface area contributed by atoms with Gasteiger partial charge in [0.05, 0.1) is 13.2 Å². The second kappa shape index (κ2) is 5.28. The molecule has 1 saturated carbocycles. The Morgan fingerprint density at radius 3 is 2.63 bits per heavy atom. The molecule has 1 unspecified atom stereocenters. The van der Waals surface area contributed by atoms with Crippen molar-refractivity contribution in [2.45, 2.75) is 45.7 Å². The highest BCUT2D eigenvalue weighted by Gasteiger charge is 2.51. The molecule has 1 heterocycles. The van der Waals surface area contributed by atoms with E-state index in [2.05, 4.69) is 15.4 Å². The minimum Gasteiger partial charge on any atom is -0.465 e. The summed E-state index contributed by atoms with van der Waals surface area (Å²) in [6.07, 6.45) is 2.10. The third-order valence-electron chi connectivity index (χ3n) is 3.72. The van der Waals surface area contributed by atoms with Crippen LogP contribution in [0.3, 0.4) is 0 Å². The minimum absolute atomic E-state index is 0.187. The van der Waals surface area contributed by atoms with E-state index in [9.17, 15) is 4.79 Å². The Bertz CT molecular complexity index is 467. The van der Waals surface area contributed by atoms with Crippen LogP contribution in [0.25, 0.3) is 0 Å². The SMILES string of the molecule is CCOC(=O)C(Cn1nc(C)nc1C)(NC)C1CC1. The van der Waals surface area contributed by atoms with Crippen LogP contribution in [-0.4, -0.2) is 39.9 Å². The fourth-order valence-electron chi connectivity index (χ4n) is 2.53. The summed E-state index contributed by atoms with van der Waals surface area (Å²) in [7, 11) is 1.81. The Labute approximate surface area is 113 Å². The molecule has 0 saturated heterocycles. The van der Waals surface area contributed by atoms with Crippen LogP contribution in [0.4, 0.5) is 0 Å². The van der Waals surface area contributed by atoms with Gasteiger partial charge in [-0.2, -0.15) is 5.10 Å². The lowest BCUT2D eigenvalue weighted by Gasteiger charge is -2.31. The Morgan fingerprint density at radius 2 is 2.21 bits per heavy atom. The van der Waals surface area contributed by atoms with Gasteiger partial charge in [-0.15, -0.1) is 0 Å². The predicted octanol–water partition coefficient (Wildman–Crippen LogP) is 0.826. The predicted molar refractivity (Wildman–Crippen MR) is 70.6 cm³/mol. The molecule has 1 aliphatic carbocycles. The molecule has 0 aliphatic heterocycles. The zero-order chi connectivity index (χ0) is 14.0. The highest BCUT2D eigenvalue weighted by atomic mass is 16.5. The van der Waals surface area contributed by atoms with Crippen LogP contribution in [0.15, 0.2) is 0 Å². The summed E-state index contributed by atoms with van der Waals surface area (Å²) in [6, 6.07) is 0. The number of aromatic nitrogens is 3. The van der Waals surface area contributed by atoms with E-state index in [1.165, 1.54) is 0 Å². The second-order valence-electron chi connectivity index (χ2n) is 5.08. The van der Waals surface area contributed by atoms with Crippen molar-refractivity contribution in [1.82, 2.24) is 20.1 Å². The van der Waals surface area contributed by atoms with Crippen molar-refractivity contribution in [1.29, 1.82) is 0 Å². The molecule has 1 aliphatic rings. The summed E-state index contributed by atoms with van der Waals surface area (Å²) >= 11 is 0. The molecule has 2 rings (SSSR count). The van der Waals surface area contributed by atoms with Crippen LogP contribution < -0.4 is 5.32 Å². The largest absolute Gasteiger partial charge is 0.465 e. The molecular formula is C13H22N4O2. The van der Waals surface area contributed by atoms with Crippen molar-refractivity contribution in [3.05, 3.63) is 11.6 Å². The Kier molecular flexibility index (Phi) is 3.89. The van der Waals surface area contributed by atoms with E-state index >= 15 is 0 Å². The van der Waals surface area contributed by atoms with E-state index in [0.29, 0.717) is 19.1 Å². The van der Waals surface area contributed by atoms with Crippen LogP contribution in [-0.2, 0) is 16.1 Å². The van der Waals surface area contributed by atoms with Crippen molar-refractivity contribution in [2.75, 3.05) is 13.7 Å². The lowest BCUT2D eigenvalue weighted by Crippen LogP contribution is -2.56. The number of hydrogen-bond donors (Lipinski definition) is 1. The molecule has 1 aromatic heterocycles. The average molecular weight is 266 g/mol. The van der Waals surface area contributed by atoms with E-state index in [0.717, 1.165) is 24.5 Å². The van der Waals surface area contributed by atoms with Gasteiger partial charge in [-0.3, -0.25) is 0 Å². The lowest BCUT2D eigenvalue weighted by atomic mass is 9.93. The molecule has 19 heavy (non-hydrogen) atoms. The number of aryl methyl sites for hydroxylation is 2. The van der Waals surface area contributed by atoms with E-state index < -0.39 is 5.54 Å². The quantitative estimate of drug-likeness (QED) is 0.772. The van der Waals surface area contributed by atoms with Gasteiger partial charge < -0.3 is 10.1 Å². The van der Waals surface area contributed by atoms with Crippen LogP contribution in [0.2, 0.25) is 0 Å². The Balaban J connectivity index is 2.27. The number of carbonyl (C=O) groups is 1. The third-order valence-corrected chi connectivity index (χ3v) is 3.72. The number of hydrogen-bond acceptors (Lipinski definition) is 5. The van der Waals surface area contributed by atoms with Gasteiger partial charge in [-0.25, -0.2) is 14.5 Å². The summed E-state index contributed by atoms with van der Waals surface area (Å²) < 4.78 is 7.05. The van der Waals surface area contributed by atoms with Crippen LogP contribution in [0, 0.1) is 19.8 Å². The zero-order valence-electron chi connectivity index (χ0n) is 12.1. The summed E-state index contributed by atoms with van der Waals surface area (Å²) in [4.78, 5) is 16.6. The first-order chi connectivity index (χ1) is 9.03. The molecule has 1 atom stereocenters. The number of esters is 1. The molecule has 0 radical (unpaired) electrons. The summed E-state index contributed by atoms with van der Waals surface area (Å²) in [5, 5.41) is 7.54. The van der Waals surface area contributed by atoms with E-state index in [-0.39, 0.29) is 5.97 Å². The van der Waals surface area contributed by atoms with Crippen molar-refractivity contribution in [2.24, 2.45) is 5.92 Å². The lowest BCUT2D eigenvalue weighted by molar-refractivity contribution is -0.153. The van der Waals surface area contributed by atoms with E-state index in [4.69, 9.17) is 4.74 Å². The van der Waals surface area contributed by atoms with Gasteiger partial charge >= 0.3 is 5.97 Å². The number of nitrogens with zero attached hydrogens (tertiary/aromatic N) is 3. The molecule has 1 fully saturated rings. The number of nitrogens with one attached hydrogen (secondary N) is 1. The maximum atomic E-state index is 12.4. The van der Waals surface area contributed by atoms with Gasteiger partial charge in [-0.05, 0) is 46.6 Å². The highest BCUT2D eigenvalue weighted by molar-refractivity contribution is 5.81. The molecule has 6 nitrogen and oxygen atoms in total. The first-order valence-corrected chi connectivity index (χ1v) is 6.77. The third kappa shape index (κ3) is 2.63. The van der Waals surface area contributed by atoms with E-state index in [1.807, 2.05) is 27.8 Å². The van der Waals surface area contributed by atoms with Gasteiger partial charge in [0.1, 0.15) is 17.2 Å². The maximum Gasteiger partial charge on any atom is 0.328 e. The van der Waals surface area contributed by atoms with Crippen molar-refractivity contribution in [3.63, 3.8) is 0 Å². The first kappa shape index (κ1) is 14.0. The van der Waals surface area contributed by atoms with Gasteiger partial charge in [0.15, 0.2) is 0 Å². The number of ether oxygens (including phenoxy) is 1. The number of rotatable bonds is 6. The van der Waals surface area contributed by atoms with Gasteiger partial charge in [-0.1, -0.05) is 0 Å². The topological polar surface area (TPSA) is 69.0 Å². The summed E-state index contributed by atoms with van der Waals surface area (Å²) in [5.74, 6) is 1.68. The molecule has 0 spiro atoms. The Hall–Kier alpha value is -1.43. The molecule has 106 valence electrons. The molecule has 1 aromatic rings. The summed E-state index contributed by atoms with van der Waals surface area (Å²) in [5.41, 5.74) is -0.680. The summed E-state index contributed by atoms with van der Waals surface area (Å²) in [6.45, 7) is 6.45. The van der Waals surface area contributed by atoms with Gasteiger partial charge in [0, 0.05) is 0 Å². The Morgan fingerprint density at radius 1 is 1.53 bits per heavy atom. The molecule has 6 heteroatoms. The maximum absolute atomic E-state index is 12.4. The average Bonchev–Trinajstić information content (AvgIpc) is 3.14. The van der Waals surface area contributed by atoms with Crippen LogP contribution >= 0.6 is 0 Å². The molecule has 0 aromatic carbocycles. The normalized spacial score (nSPS) is 18.1. The fourth-order valence-corrected chi connectivity index (χ4v) is 2.53. The van der Waals surface area contributed by atoms with Gasteiger partial charge in [0.2, 0.25) is 0 Å². The molecular weight excluding hydrogens is 244 g/mol. The van der Waals surface area contributed by atoms with Crippen molar-refractivity contribution < 1.29 is 9.53 Å². The molecule has 0 bridgehead atoms. The smallest absolute Gasteiger partial charge is 0.328 e. The molecule has 0 amide bonds. The standard InChI is InChI=1S/C13H22N4O2/c1-5-19-12(18)13(14-4,11-6-7-11)8-17-10(3)15-9(2)16-17/h11,14H,5-8H2,1-4H3. The number of likely N-dealkylation sites (N-methyl/N-ethyl adjacent to an activating group) is 1. The van der Waals surface area contributed by atoms with Crippen LogP contribution in [0.1, 0.15) is 31.4 Å². The second-order valence-corrected chi connectivity index (χ2v) is 5.08. The first-order valence-electron chi connectivity index (χ1n) is 6.77. The monoisotopic (exact) mass is 266 g/mol. The number of carbonyl (C=O) groups excluding carboxylic acids is 1. The van der Waals surface area contributed by atoms with Gasteiger partial charge in [0.25, 0.3) is 0 Å². The minimum atomic E-state index is -0.680.